The van der Waals surface area contributed by atoms with E-state index in [0.717, 1.165) is 87.9 Å². The molecule has 0 saturated heterocycles. The van der Waals surface area contributed by atoms with Gasteiger partial charge in [-0.05, 0) is 45.8 Å². The number of hydrogen-bond acceptors (Lipinski definition) is 7. The van der Waals surface area contributed by atoms with Gasteiger partial charge in [-0.25, -0.2) is 0 Å². The van der Waals surface area contributed by atoms with Crippen molar-refractivity contribution in [2.75, 3.05) is 13.1 Å². The highest BCUT2D eigenvalue weighted by atomic mass is 16.3. The van der Waals surface area contributed by atoms with Crippen molar-refractivity contribution in [3.05, 3.63) is 217 Å². The van der Waals surface area contributed by atoms with Crippen LogP contribution in [0.2, 0.25) is 0 Å². The molecule has 7 heteroatoms. The summed E-state index contributed by atoms with van der Waals surface area (Å²) in [7, 11) is 0. The molecule has 12 rings (SSSR count). The number of hydrogen-bond donors (Lipinski definition) is 1. The summed E-state index contributed by atoms with van der Waals surface area (Å²) in [5.74, 6) is 0. The molecule has 0 bridgehead atoms. The van der Waals surface area contributed by atoms with Gasteiger partial charge in [0.1, 0.15) is 0 Å². The predicted octanol–water partition coefficient (Wildman–Crippen LogP) is 12.6. The van der Waals surface area contributed by atoms with E-state index in [1.54, 1.807) is 0 Å². The molecule has 12 aromatic rings. The summed E-state index contributed by atoms with van der Waals surface area (Å²) in [6.45, 7) is 2.80. The molecular formula is C59H46N6O. The Hall–Kier alpha value is -7.68. The minimum atomic E-state index is -0.762. The van der Waals surface area contributed by atoms with E-state index in [-0.39, 0.29) is 0 Å². The first-order valence-electron chi connectivity index (χ1n) is 22.8. The quantitative estimate of drug-likeness (QED) is 0.123. The van der Waals surface area contributed by atoms with E-state index < -0.39 is 6.10 Å². The van der Waals surface area contributed by atoms with E-state index in [1.807, 2.05) is 0 Å². The molecule has 0 saturated carbocycles. The predicted molar refractivity (Wildman–Crippen MR) is 271 cm³/mol. The Morgan fingerprint density at radius 1 is 0.273 bits per heavy atom. The van der Waals surface area contributed by atoms with Gasteiger partial charge in [0.25, 0.3) is 0 Å². The van der Waals surface area contributed by atoms with Gasteiger partial charge in [0.2, 0.25) is 0 Å². The second-order valence-corrected chi connectivity index (χ2v) is 17.5. The molecule has 66 heavy (non-hydrogen) atoms. The normalized spacial score (nSPS) is 12.2. The van der Waals surface area contributed by atoms with Gasteiger partial charge in [0, 0.05) is 82.4 Å². The molecule has 4 heterocycles. The fourth-order valence-corrected chi connectivity index (χ4v) is 10.2. The standard InChI is InChI=1S/C59H46N6O/c66-39(33-64(35-56-48-25-5-1-17-40(48)44-21-9-13-29-52(44)60-56)36-57-49-26-6-2-18-41(49)45-22-10-14-30-53(45)61-57)34-65(37-58-50-27-7-3-19-42(50)46-23-11-15-31-54(46)62-58)38-59-51-28-8-4-20-43(51)47-24-12-16-32-55(47)63-59/h1-32,39,66H,33-38H2. The third-order valence-corrected chi connectivity index (χ3v) is 13.2. The van der Waals surface area contributed by atoms with Crippen LogP contribution in [-0.2, 0) is 26.2 Å². The number of aliphatic hydroxyl groups is 1. The summed E-state index contributed by atoms with van der Waals surface area (Å²) in [6, 6.07) is 67.7. The first-order valence-corrected chi connectivity index (χ1v) is 22.8. The highest BCUT2D eigenvalue weighted by Gasteiger charge is 2.23. The second-order valence-electron chi connectivity index (χ2n) is 17.5. The minimum absolute atomic E-state index is 0.375. The minimum Gasteiger partial charge on any atom is -0.390 e. The van der Waals surface area contributed by atoms with Crippen molar-refractivity contribution in [2.45, 2.75) is 32.3 Å². The molecule has 0 aliphatic carbocycles. The number of rotatable bonds is 12. The molecule has 0 amide bonds. The number of fused-ring (bicyclic) bond motifs is 12. The monoisotopic (exact) mass is 854 g/mol. The molecule has 0 aliphatic rings. The largest absolute Gasteiger partial charge is 0.390 e. The van der Waals surface area contributed by atoms with Crippen molar-refractivity contribution in [1.29, 1.82) is 0 Å². The van der Waals surface area contributed by atoms with Crippen molar-refractivity contribution >= 4 is 86.7 Å². The van der Waals surface area contributed by atoms with Crippen LogP contribution in [0.4, 0.5) is 0 Å². The van der Waals surface area contributed by atoms with Crippen LogP contribution in [0.25, 0.3) is 86.7 Å². The fraction of sp³-hybridized carbons (Fsp3) is 0.119. The molecule has 0 spiro atoms. The highest BCUT2D eigenvalue weighted by molar-refractivity contribution is 6.09. The van der Waals surface area contributed by atoms with Crippen molar-refractivity contribution in [2.24, 2.45) is 0 Å². The van der Waals surface area contributed by atoms with Crippen molar-refractivity contribution in [3.8, 4) is 0 Å². The van der Waals surface area contributed by atoms with Crippen molar-refractivity contribution < 1.29 is 5.11 Å². The Labute approximate surface area is 382 Å². The topological polar surface area (TPSA) is 78.3 Å². The zero-order chi connectivity index (χ0) is 44.0. The molecule has 7 nitrogen and oxygen atoms in total. The van der Waals surface area contributed by atoms with E-state index in [0.29, 0.717) is 39.3 Å². The van der Waals surface area contributed by atoms with Gasteiger partial charge in [-0.3, -0.25) is 29.7 Å². The van der Waals surface area contributed by atoms with E-state index in [2.05, 4.69) is 204 Å². The summed E-state index contributed by atoms with van der Waals surface area (Å²) < 4.78 is 0. The summed E-state index contributed by atoms with van der Waals surface area (Å²) in [5.41, 5.74) is 7.70. The summed E-state index contributed by atoms with van der Waals surface area (Å²) in [4.78, 5) is 25.9. The highest BCUT2D eigenvalue weighted by Crippen LogP contribution is 2.33. The Bertz CT molecular complexity index is 3310. The number of pyridine rings is 4. The number of para-hydroxylation sites is 4. The van der Waals surface area contributed by atoms with Gasteiger partial charge in [-0.2, -0.15) is 0 Å². The lowest BCUT2D eigenvalue weighted by Gasteiger charge is -2.30. The average molecular weight is 855 g/mol. The first kappa shape index (κ1) is 39.9. The van der Waals surface area contributed by atoms with Crippen LogP contribution < -0.4 is 0 Å². The lowest BCUT2D eigenvalue weighted by molar-refractivity contribution is 0.0622. The SMILES string of the molecule is OC(CN(Cc1nc2ccccc2c2ccccc12)Cc1nc2ccccc2c2ccccc12)CN(Cc1nc2ccccc2c2ccccc12)Cc1nc2ccccc2c2ccccc12. The molecule has 318 valence electrons. The summed E-state index contributed by atoms with van der Waals surface area (Å²) >= 11 is 0. The van der Waals surface area contributed by atoms with Crippen molar-refractivity contribution in [1.82, 2.24) is 29.7 Å². The van der Waals surface area contributed by atoms with Crippen LogP contribution in [0.3, 0.4) is 0 Å². The Morgan fingerprint density at radius 3 is 0.712 bits per heavy atom. The molecule has 0 atom stereocenters. The number of aromatic nitrogens is 4. The van der Waals surface area contributed by atoms with E-state index in [9.17, 15) is 5.11 Å². The third-order valence-electron chi connectivity index (χ3n) is 13.2. The smallest absolute Gasteiger partial charge is 0.0794 e. The third kappa shape index (κ3) is 7.43. The van der Waals surface area contributed by atoms with Gasteiger partial charge in [0.15, 0.2) is 0 Å². The molecule has 0 fully saturated rings. The first-order chi connectivity index (χ1) is 32.6. The van der Waals surface area contributed by atoms with Crippen LogP contribution in [0.5, 0.6) is 0 Å². The van der Waals surface area contributed by atoms with Gasteiger partial charge in [-0.15, -0.1) is 0 Å². The number of nitrogens with zero attached hydrogens (tertiary/aromatic N) is 6. The van der Waals surface area contributed by atoms with Crippen LogP contribution in [0.15, 0.2) is 194 Å². The molecular weight excluding hydrogens is 809 g/mol. The number of benzene rings is 8. The molecule has 0 aliphatic heterocycles. The fourth-order valence-electron chi connectivity index (χ4n) is 10.2. The van der Waals surface area contributed by atoms with E-state index in [4.69, 9.17) is 19.9 Å². The Morgan fingerprint density at radius 2 is 0.470 bits per heavy atom. The van der Waals surface area contributed by atoms with E-state index in [1.165, 1.54) is 21.5 Å². The lowest BCUT2D eigenvalue weighted by atomic mass is 10.0. The summed E-state index contributed by atoms with van der Waals surface area (Å²) in [6.07, 6.45) is -0.762. The molecule has 8 aromatic carbocycles. The maximum absolute atomic E-state index is 12.7. The molecule has 1 N–H and O–H groups in total. The van der Waals surface area contributed by atoms with Gasteiger partial charge >= 0.3 is 0 Å². The molecule has 0 unspecified atom stereocenters. The maximum atomic E-state index is 12.7. The molecule has 0 radical (unpaired) electrons. The van der Waals surface area contributed by atoms with Crippen LogP contribution in [0.1, 0.15) is 22.8 Å². The lowest BCUT2D eigenvalue weighted by Crippen LogP contribution is -2.40. The second kappa shape index (κ2) is 17.0. The Balaban J connectivity index is 0.956. The van der Waals surface area contributed by atoms with Gasteiger partial charge in [-0.1, -0.05) is 170 Å². The van der Waals surface area contributed by atoms with E-state index >= 15 is 0 Å². The van der Waals surface area contributed by atoms with Crippen LogP contribution in [0, 0.1) is 0 Å². The average Bonchev–Trinajstić information content (AvgIpc) is 3.36. The van der Waals surface area contributed by atoms with Crippen molar-refractivity contribution in [3.63, 3.8) is 0 Å². The molecule has 4 aromatic heterocycles. The maximum Gasteiger partial charge on any atom is 0.0794 e. The Kier molecular flexibility index (Phi) is 10.3. The summed E-state index contributed by atoms with van der Waals surface area (Å²) in [5, 5.41) is 26.3. The zero-order valence-corrected chi connectivity index (χ0v) is 36.4. The van der Waals surface area contributed by atoms with Crippen LogP contribution in [-0.4, -0.2) is 54.0 Å². The zero-order valence-electron chi connectivity index (χ0n) is 36.4. The van der Waals surface area contributed by atoms with Gasteiger partial charge < -0.3 is 5.11 Å². The van der Waals surface area contributed by atoms with Gasteiger partial charge in [0.05, 0.1) is 50.9 Å². The number of aliphatic hydroxyl groups excluding tert-OH is 1. The van der Waals surface area contributed by atoms with Crippen LogP contribution >= 0.6 is 0 Å².